The zero-order valence-corrected chi connectivity index (χ0v) is 9.07. The Kier molecular flexibility index (Phi) is 3.59. The Morgan fingerprint density at radius 1 is 1.33 bits per heavy atom. The van der Waals surface area contributed by atoms with Gasteiger partial charge in [-0.25, -0.2) is 0 Å². The lowest BCUT2D eigenvalue weighted by Crippen LogP contribution is -2.38. The van der Waals surface area contributed by atoms with Gasteiger partial charge in [0.05, 0.1) is 25.4 Å². The summed E-state index contributed by atoms with van der Waals surface area (Å²) in [6.45, 7) is 1.73. The van der Waals surface area contributed by atoms with Crippen LogP contribution >= 0.6 is 11.6 Å². The van der Waals surface area contributed by atoms with Crippen molar-refractivity contribution >= 4 is 11.6 Å². The highest BCUT2D eigenvalue weighted by Gasteiger charge is 2.25. The lowest BCUT2D eigenvalue weighted by Gasteiger charge is -2.14. The molecule has 2 N–H and O–H groups in total. The minimum atomic E-state index is -0.391. The standard InChI is InChI=1S/C11H14ClNO2/c12-9-3-1-8(2-4-9)5-13-10-6-15-7-11(10)14/h1-4,10-11,13-14H,5-7H2. The van der Waals surface area contributed by atoms with Crippen molar-refractivity contribution in [1.82, 2.24) is 5.32 Å². The molecule has 1 aromatic carbocycles. The van der Waals surface area contributed by atoms with Crippen LogP contribution in [0.15, 0.2) is 24.3 Å². The largest absolute Gasteiger partial charge is 0.389 e. The Morgan fingerprint density at radius 2 is 2.07 bits per heavy atom. The summed E-state index contributed by atoms with van der Waals surface area (Å²) in [7, 11) is 0. The van der Waals surface area contributed by atoms with E-state index in [2.05, 4.69) is 5.32 Å². The van der Waals surface area contributed by atoms with Crippen molar-refractivity contribution in [3.05, 3.63) is 34.9 Å². The van der Waals surface area contributed by atoms with Gasteiger partial charge in [0.25, 0.3) is 0 Å². The third-order valence-electron chi connectivity index (χ3n) is 2.53. The zero-order valence-electron chi connectivity index (χ0n) is 8.32. The molecule has 3 nitrogen and oxygen atoms in total. The number of ether oxygens (including phenoxy) is 1. The van der Waals surface area contributed by atoms with Gasteiger partial charge in [0.15, 0.2) is 0 Å². The predicted octanol–water partition coefficient (Wildman–Crippen LogP) is 1.19. The van der Waals surface area contributed by atoms with Crippen molar-refractivity contribution in [1.29, 1.82) is 0 Å². The average molecular weight is 228 g/mol. The zero-order chi connectivity index (χ0) is 10.7. The van der Waals surface area contributed by atoms with Gasteiger partial charge in [-0.2, -0.15) is 0 Å². The molecule has 82 valence electrons. The van der Waals surface area contributed by atoms with Crippen LogP contribution in [0.25, 0.3) is 0 Å². The first kappa shape index (κ1) is 10.9. The third-order valence-corrected chi connectivity index (χ3v) is 2.78. The fourth-order valence-corrected chi connectivity index (χ4v) is 1.72. The average Bonchev–Trinajstić information content (AvgIpc) is 2.63. The number of aliphatic hydroxyl groups is 1. The van der Waals surface area contributed by atoms with Crippen LogP contribution in [0.2, 0.25) is 5.02 Å². The molecule has 1 aliphatic heterocycles. The highest BCUT2D eigenvalue weighted by Crippen LogP contribution is 2.10. The van der Waals surface area contributed by atoms with Crippen LogP contribution < -0.4 is 5.32 Å². The number of halogens is 1. The van der Waals surface area contributed by atoms with E-state index in [-0.39, 0.29) is 6.04 Å². The Hall–Kier alpha value is -0.610. The maximum Gasteiger partial charge on any atom is 0.0948 e. The van der Waals surface area contributed by atoms with Gasteiger partial charge in [-0.1, -0.05) is 23.7 Å². The van der Waals surface area contributed by atoms with Gasteiger partial charge in [0.1, 0.15) is 0 Å². The molecule has 0 spiro atoms. The Balaban J connectivity index is 1.85. The molecule has 2 unspecified atom stereocenters. The molecular formula is C11H14ClNO2. The Labute approximate surface area is 94.0 Å². The maximum atomic E-state index is 9.50. The number of aliphatic hydroxyl groups excluding tert-OH is 1. The van der Waals surface area contributed by atoms with Crippen LogP contribution in [-0.4, -0.2) is 30.5 Å². The fourth-order valence-electron chi connectivity index (χ4n) is 1.59. The van der Waals surface area contributed by atoms with Crippen molar-refractivity contribution in [2.45, 2.75) is 18.7 Å². The minimum absolute atomic E-state index is 0.0423. The second-order valence-electron chi connectivity index (χ2n) is 3.72. The summed E-state index contributed by atoms with van der Waals surface area (Å²) < 4.78 is 5.14. The van der Waals surface area contributed by atoms with E-state index in [1.54, 1.807) is 0 Å². The van der Waals surface area contributed by atoms with E-state index in [1.807, 2.05) is 24.3 Å². The van der Waals surface area contributed by atoms with Crippen molar-refractivity contribution in [2.75, 3.05) is 13.2 Å². The summed E-state index contributed by atoms with van der Waals surface area (Å²) in [5, 5.41) is 13.5. The highest BCUT2D eigenvalue weighted by molar-refractivity contribution is 6.30. The monoisotopic (exact) mass is 227 g/mol. The first-order valence-electron chi connectivity index (χ1n) is 4.99. The second-order valence-corrected chi connectivity index (χ2v) is 4.16. The first-order valence-corrected chi connectivity index (χ1v) is 5.37. The number of hydrogen-bond donors (Lipinski definition) is 2. The lowest BCUT2D eigenvalue weighted by molar-refractivity contribution is 0.122. The fraction of sp³-hybridized carbons (Fsp3) is 0.455. The third kappa shape index (κ3) is 2.92. The van der Waals surface area contributed by atoms with Gasteiger partial charge in [0, 0.05) is 11.6 Å². The smallest absolute Gasteiger partial charge is 0.0948 e. The van der Waals surface area contributed by atoms with Crippen molar-refractivity contribution in [2.24, 2.45) is 0 Å². The predicted molar refractivity (Wildman–Crippen MR) is 58.9 cm³/mol. The molecule has 4 heteroatoms. The molecule has 0 amide bonds. The normalized spacial score (nSPS) is 25.7. The summed E-state index contributed by atoms with van der Waals surface area (Å²) in [4.78, 5) is 0. The van der Waals surface area contributed by atoms with Crippen LogP contribution in [0.4, 0.5) is 0 Å². The molecule has 1 aliphatic rings. The van der Waals surface area contributed by atoms with Crippen molar-refractivity contribution in [3.63, 3.8) is 0 Å². The molecule has 0 aromatic heterocycles. The molecule has 2 atom stereocenters. The quantitative estimate of drug-likeness (QED) is 0.815. The maximum absolute atomic E-state index is 9.50. The van der Waals surface area contributed by atoms with Crippen LogP contribution in [0.3, 0.4) is 0 Å². The number of hydrogen-bond acceptors (Lipinski definition) is 3. The van der Waals surface area contributed by atoms with Crippen LogP contribution in [0.1, 0.15) is 5.56 Å². The van der Waals surface area contributed by atoms with Crippen LogP contribution in [0.5, 0.6) is 0 Å². The van der Waals surface area contributed by atoms with E-state index in [1.165, 1.54) is 0 Å². The van der Waals surface area contributed by atoms with E-state index >= 15 is 0 Å². The van der Waals surface area contributed by atoms with Crippen LogP contribution in [0, 0.1) is 0 Å². The van der Waals surface area contributed by atoms with E-state index in [9.17, 15) is 5.11 Å². The molecule has 2 rings (SSSR count). The summed E-state index contributed by atoms with van der Waals surface area (Å²) in [5.41, 5.74) is 1.15. The molecular weight excluding hydrogens is 214 g/mol. The summed E-state index contributed by atoms with van der Waals surface area (Å²) in [6.07, 6.45) is -0.391. The molecule has 0 radical (unpaired) electrons. The van der Waals surface area contributed by atoms with Gasteiger partial charge in [-0.3, -0.25) is 0 Å². The molecule has 1 saturated heterocycles. The Bertz CT molecular complexity index is 315. The molecule has 1 heterocycles. The summed E-state index contributed by atoms with van der Waals surface area (Å²) in [5.74, 6) is 0. The van der Waals surface area contributed by atoms with Gasteiger partial charge in [0.2, 0.25) is 0 Å². The molecule has 0 bridgehead atoms. The van der Waals surface area contributed by atoms with Gasteiger partial charge < -0.3 is 15.2 Å². The van der Waals surface area contributed by atoms with E-state index in [0.717, 1.165) is 17.1 Å². The van der Waals surface area contributed by atoms with E-state index in [4.69, 9.17) is 16.3 Å². The minimum Gasteiger partial charge on any atom is -0.389 e. The van der Waals surface area contributed by atoms with E-state index in [0.29, 0.717) is 13.2 Å². The first-order chi connectivity index (χ1) is 7.25. The van der Waals surface area contributed by atoms with Crippen LogP contribution in [-0.2, 0) is 11.3 Å². The summed E-state index contributed by atoms with van der Waals surface area (Å²) >= 11 is 5.78. The highest BCUT2D eigenvalue weighted by atomic mass is 35.5. The lowest BCUT2D eigenvalue weighted by atomic mass is 10.2. The van der Waals surface area contributed by atoms with E-state index < -0.39 is 6.10 Å². The second kappa shape index (κ2) is 4.94. The van der Waals surface area contributed by atoms with Gasteiger partial charge in [-0.05, 0) is 17.7 Å². The SMILES string of the molecule is OC1COCC1NCc1ccc(Cl)cc1. The number of nitrogens with one attached hydrogen (secondary N) is 1. The molecule has 1 fully saturated rings. The number of benzene rings is 1. The topological polar surface area (TPSA) is 41.5 Å². The summed E-state index contributed by atoms with van der Waals surface area (Å²) in [6, 6.07) is 7.70. The molecule has 1 aromatic rings. The molecule has 15 heavy (non-hydrogen) atoms. The van der Waals surface area contributed by atoms with Crippen molar-refractivity contribution in [3.8, 4) is 0 Å². The van der Waals surface area contributed by atoms with Crippen molar-refractivity contribution < 1.29 is 9.84 Å². The Morgan fingerprint density at radius 3 is 2.67 bits per heavy atom. The number of rotatable bonds is 3. The van der Waals surface area contributed by atoms with Gasteiger partial charge >= 0.3 is 0 Å². The molecule has 0 saturated carbocycles. The molecule has 0 aliphatic carbocycles. The van der Waals surface area contributed by atoms with Gasteiger partial charge in [-0.15, -0.1) is 0 Å².